The second-order valence-corrected chi connectivity index (χ2v) is 14.8. The SMILES string of the molecule is CCn1c(-c2cccnc2[C@H](C)OC)c2c3cc(ccc31)-c1csc(n1)C[C@H](N)C(=O)N1CC3C([C@H](N1)C(=O)OCC(C)(C)C2)C3(F)F. The minimum atomic E-state index is -3.09. The summed E-state index contributed by atoms with van der Waals surface area (Å²) in [5, 5.41) is 4.70. The maximum Gasteiger partial charge on any atom is 0.325 e. The van der Waals surface area contributed by atoms with Crippen molar-refractivity contribution < 1.29 is 27.8 Å². The van der Waals surface area contributed by atoms with Gasteiger partial charge in [-0.15, -0.1) is 11.3 Å². The van der Waals surface area contributed by atoms with E-state index in [1.54, 1.807) is 13.3 Å². The average Bonchev–Trinajstić information content (AvgIpc) is 3.35. The number of carbonyl (C=O) groups is 2. The topological polar surface area (TPSA) is 125 Å². The Kier molecular flexibility index (Phi) is 8.17. The first-order valence-corrected chi connectivity index (χ1v) is 17.2. The number of hydrogen-bond acceptors (Lipinski definition) is 9. The number of hydrogen-bond donors (Lipinski definition) is 2. The molecule has 2 fully saturated rings. The normalized spacial score (nSPS) is 25.7. The molecule has 2 unspecified atom stereocenters. The van der Waals surface area contributed by atoms with Crippen LogP contribution in [0.25, 0.3) is 33.4 Å². The molecule has 5 atom stereocenters. The summed E-state index contributed by atoms with van der Waals surface area (Å²) in [5.41, 5.74) is 15.0. The van der Waals surface area contributed by atoms with Crippen LogP contribution in [-0.2, 0) is 38.4 Å². The van der Waals surface area contributed by atoms with Gasteiger partial charge in [-0.2, -0.15) is 0 Å². The van der Waals surface area contributed by atoms with Gasteiger partial charge in [-0.25, -0.2) is 19.2 Å². The molecule has 3 N–H and O–H groups in total. The highest BCUT2D eigenvalue weighted by molar-refractivity contribution is 7.10. The van der Waals surface area contributed by atoms with Gasteiger partial charge in [0.15, 0.2) is 0 Å². The third-order valence-electron chi connectivity index (χ3n) is 9.95. The first kappa shape index (κ1) is 32.8. The van der Waals surface area contributed by atoms with Crippen molar-refractivity contribution in [1.82, 2.24) is 25.0 Å². The Morgan fingerprint density at radius 3 is 2.79 bits per heavy atom. The van der Waals surface area contributed by atoms with E-state index in [4.69, 9.17) is 25.2 Å². The van der Waals surface area contributed by atoms with Crippen molar-refractivity contribution in [3.05, 3.63) is 58.2 Å². The number of cyclic esters (lactones) is 1. The number of pyridine rings is 1. The van der Waals surface area contributed by atoms with Gasteiger partial charge in [0.25, 0.3) is 11.8 Å². The van der Waals surface area contributed by atoms with E-state index in [0.717, 1.165) is 49.7 Å². The van der Waals surface area contributed by atoms with Crippen molar-refractivity contribution in [3.63, 3.8) is 0 Å². The summed E-state index contributed by atoms with van der Waals surface area (Å²) in [6.45, 7) is 8.48. The number of ether oxygens (including phenoxy) is 2. The molecule has 3 aliphatic rings. The van der Waals surface area contributed by atoms with Crippen LogP contribution >= 0.6 is 11.3 Å². The molecule has 4 aromatic rings. The molecule has 2 aliphatic heterocycles. The summed E-state index contributed by atoms with van der Waals surface area (Å²) in [4.78, 5) is 36.4. The maximum absolute atomic E-state index is 14.9. The monoisotopic (exact) mass is 678 g/mol. The van der Waals surface area contributed by atoms with E-state index >= 15 is 0 Å². The number of hydrazine groups is 1. The molecule has 6 bridgehead atoms. The molecule has 13 heteroatoms. The molecule has 5 heterocycles. The zero-order valence-electron chi connectivity index (χ0n) is 27.6. The number of aryl methyl sites for hydroxylation is 1. The number of nitrogens with two attached hydrogens (primary N) is 1. The standard InChI is InChI=1S/C35H40F2N6O4S/c1-6-42-26-10-9-19-12-21(26)22(31(42)20-8-7-11-39-29(20)18(2)46-5)14-34(3,4)17-47-33(45)30-28-23(35(28,36)37)15-43(41-30)32(44)24(38)13-27-40-25(19)16-48-27/h7-12,16,18,23-24,28,30,41H,6,13-15,17,38H2,1-5H3/t18-,23?,24-,28?,30-/m0/s1. The minimum Gasteiger partial charge on any atom is -0.464 e. The van der Waals surface area contributed by atoms with Crippen LogP contribution in [0.4, 0.5) is 8.78 Å². The van der Waals surface area contributed by atoms with Crippen LogP contribution < -0.4 is 11.2 Å². The number of alkyl halides is 2. The Morgan fingerprint density at radius 1 is 1.25 bits per heavy atom. The predicted octanol–water partition coefficient (Wildman–Crippen LogP) is 5.15. The number of nitrogens with zero attached hydrogens (tertiary/aromatic N) is 4. The summed E-state index contributed by atoms with van der Waals surface area (Å²) in [5.74, 6) is -6.86. The number of benzene rings is 1. The van der Waals surface area contributed by atoms with Crippen LogP contribution in [0.1, 0.15) is 50.1 Å². The molecule has 1 aliphatic carbocycles. The molecule has 48 heavy (non-hydrogen) atoms. The Bertz CT molecular complexity index is 1910. The molecule has 1 saturated carbocycles. The molecule has 7 rings (SSSR count). The van der Waals surface area contributed by atoms with Crippen molar-refractivity contribution in [3.8, 4) is 22.5 Å². The first-order valence-electron chi connectivity index (χ1n) is 16.3. The van der Waals surface area contributed by atoms with Crippen LogP contribution in [0.3, 0.4) is 0 Å². The number of esters is 1. The highest BCUT2D eigenvalue weighted by Crippen LogP contribution is 2.59. The van der Waals surface area contributed by atoms with Gasteiger partial charge < -0.3 is 19.8 Å². The van der Waals surface area contributed by atoms with E-state index < -0.39 is 47.1 Å². The molecule has 0 spiro atoms. The van der Waals surface area contributed by atoms with Gasteiger partial charge in [0, 0.05) is 65.6 Å². The van der Waals surface area contributed by atoms with E-state index in [2.05, 4.69) is 35.1 Å². The number of nitrogens with one attached hydrogen (secondary N) is 1. The van der Waals surface area contributed by atoms with Crippen LogP contribution in [-0.4, -0.2) is 69.7 Å². The lowest BCUT2D eigenvalue weighted by atomic mass is 9.84. The first-order chi connectivity index (χ1) is 22.8. The lowest BCUT2D eigenvalue weighted by Crippen LogP contribution is -2.60. The Hall–Kier alpha value is -3.78. The lowest BCUT2D eigenvalue weighted by Gasteiger charge is -2.33. The van der Waals surface area contributed by atoms with E-state index in [9.17, 15) is 18.4 Å². The fraction of sp³-hybridized carbons (Fsp3) is 0.486. The van der Waals surface area contributed by atoms with Crippen molar-refractivity contribution in [2.75, 3.05) is 20.3 Å². The summed E-state index contributed by atoms with van der Waals surface area (Å²) in [6, 6.07) is 7.85. The molecule has 3 aromatic heterocycles. The third kappa shape index (κ3) is 5.50. The summed E-state index contributed by atoms with van der Waals surface area (Å²) in [7, 11) is 1.66. The smallest absolute Gasteiger partial charge is 0.325 e. The lowest BCUT2D eigenvalue weighted by molar-refractivity contribution is -0.155. The number of carbonyl (C=O) groups excluding carboxylic acids is 2. The van der Waals surface area contributed by atoms with Crippen LogP contribution in [0.15, 0.2) is 41.9 Å². The maximum atomic E-state index is 14.9. The van der Waals surface area contributed by atoms with Crippen LogP contribution in [0, 0.1) is 17.3 Å². The minimum absolute atomic E-state index is 0.0256. The van der Waals surface area contributed by atoms with Gasteiger partial charge in [-0.05, 0) is 50.1 Å². The number of rotatable bonds is 4. The third-order valence-corrected chi connectivity index (χ3v) is 10.8. The number of methoxy groups -OCH3 is 1. The Balaban J connectivity index is 1.38. The zero-order chi connectivity index (χ0) is 34.1. The number of amides is 1. The largest absolute Gasteiger partial charge is 0.464 e. The number of halogens is 2. The molecular weight excluding hydrogens is 638 g/mol. The van der Waals surface area contributed by atoms with E-state index in [-0.39, 0.29) is 25.7 Å². The van der Waals surface area contributed by atoms with E-state index in [1.165, 1.54) is 11.3 Å². The average molecular weight is 679 g/mol. The predicted molar refractivity (Wildman–Crippen MR) is 178 cm³/mol. The van der Waals surface area contributed by atoms with Gasteiger partial charge in [-0.1, -0.05) is 19.9 Å². The molecule has 0 radical (unpaired) electrons. The number of fused-ring (bicyclic) bond motifs is 8. The summed E-state index contributed by atoms with van der Waals surface area (Å²) in [6.07, 6.45) is 2.12. The second-order valence-electron chi connectivity index (χ2n) is 13.9. The molecular formula is C35H40F2N6O4S. The van der Waals surface area contributed by atoms with Crippen LogP contribution in [0.5, 0.6) is 0 Å². The molecule has 254 valence electrons. The van der Waals surface area contributed by atoms with Gasteiger partial charge in [0.1, 0.15) is 6.04 Å². The fourth-order valence-corrected chi connectivity index (χ4v) is 8.17. The van der Waals surface area contributed by atoms with Crippen molar-refractivity contribution in [1.29, 1.82) is 0 Å². The van der Waals surface area contributed by atoms with Crippen LogP contribution in [0.2, 0.25) is 0 Å². The molecule has 1 aromatic carbocycles. The van der Waals surface area contributed by atoms with Gasteiger partial charge in [0.05, 0.1) is 52.7 Å². The van der Waals surface area contributed by atoms with Crippen molar-refractivity contribution in [2.45, 2.75) is 71.2 Å². The molecule has 10 nitrogen and oxygen atoms in total. The second kappa shape index (κ2) is 12.0. The van der Waals surface area contributed by atoms with Gasteiger partial charge >= 0.3 is 5.97 Å². The molecule has 1 amide bonds. The quantitative estimate of drug-likeness (QED) is 0.284. The highest BCUT2D eigenvalue weighted by Gasteiger charge is 2.75. The van der Waals surface area contributed by atoms with Crippen molar-refractivity contribution in [2.24, 2.45) is 23.0 Å². The van der Waals surface area contributed by atoms with Gasteiger partial charge in [0.2, 0.25) is 0 Å². The molecule has 1 saturated heterocycles. The Morgan fingerprint density at radius 2 is 2.04 bits per heavy atom. The number of aromatic nitrogens is 3. The van der Waals surface area contributed by atoms with E-state index in [0.29, 0.717) is 18.0 Å². The van der Waals surface area contributed by atoms with E-state index in [1.807, 2.05) is 38.3 Å². The number of thiazole rings is 1. The summed E-state index contributed by atoms with van der Waals surface area (Å²) >= 11 is 1.39. The fourth-order valence-electron chi connectivity index (χ4n) is 7.31. The summed E-state index contributed by atoms with van der Waals surface area (Å²) < 4.78 is 43.6. The zero-order valence-corrected chi connectivity index (χ0v) is 28.4. The van der Waals surface area contributed by atoms with Crippen molar-refractivity contribution >= 4 is 34.1 Å². The highest BCUT2D eigenvalue weighted by atomic mass is 32.1. The van der Waals surface area contributed by atoms with Gasteiger partial charge in [-0.3, -0.25) is 19.6 Å². The Labute approximate surface area is 281 Å².